The molecular weight excluding hydrogens is 642 g/mol. The minimum absolute atomic E-state index is 0.0829. The second-order valence-electron chi connectivity index (χ2n) is 9.76. The van der Waals surface area contributed by atoms with Crippen LogP contribution in [-0.2, 0) is 28.2 Å². The van der Waals surface area contributed by atoms with Gasteiger partial charge < -0.3 is 20.1 Å². The van der Waals surface area contributed by atoms with Crippen LogP contribution in [0, 0.1) is 5.82 Å². The minimum atomic E-state index is -5.08. The average molecular weight is 668 g/mol. The molecule has 2 aromatic rings. The molecule has 45 heavy (non-hydrogen) atoms. The number of piperidine rings is 1. The molecule has 3 N–H and O–H groups in total. The molecule has 0 bridgehead atoms. The first kappa shape index (κ1) is 37.2. The Morgan fingerprint density at radius 2 is 1.33 bits per heavy atom. The number of aliphatic carboxylic acids is 2. The summed E-state index contributed by atoms with van der Waals surface area (Å²) in [4.78, 5) is 34.5. The molecule has 11 nitrogen and oxygen atoms in total. The number of carbonyl (C=O) groups excluding carboxylic acids is 1. The topological polar surface area (TPSA) is 141 Å². The van der Waals surface area contributed by atoms with Crippen LogP contribution < -0.4 is 5.32 Å². The molecule has 4 rings (SSSR count). The van der Waals surface area contributed by atoms with Crippen molar-refractivity contribution in [2.24, 2.45) is 0 Å². The second-order valence-corrected chi connectivity index (χ2v) is 9.76. The van der Waals surface area contributed by atoms with Gasteiger partial charge in [-0.2, -0.15) is 39.5 Å². The van der Waals surface area contributed by atoms with E-state index in [1.165, 1.54) is 12.1 Å². The van der Waals surface area contributed by atoms with Gasteiger partial charge in [0.2, 0.25) is 5.82 Å². The molecule has 2 aliphatic rings. The van der Waals surface area contributed by atoms with E-state index >= 15 is 0 Å². The van der Waals surface area contributed by atoms with Crippen molar-refractivity contribution in [2.75, 3.05) is 33.2 Å². The quantitative estimate of drug-likeness (QED) is 0.419. The molecule has 1 amide bonds. The number of aromatic nitrogens is 3. The van der Waals surface area contributed by atoms with Crippen LogP contribution in [0.3, 0.4) is 0 Å². The molecule has 252 valence electrons. The largest absolute Gasteiger partial charge is 0.490 e. The Morgan fingerprint density at radius 1 is 0.844 bits per heavy atom. The lowest BCUT2D eigenvalue weighted by atomic mass is 9.83. The fraction of sp³-hybridized carbons (Fsp3) is 0.542. The molecule has 1 aromatic heterocycles. The Balaban J connectivity index is 0.000000421. The summed E-state index contributed by atoms with van der Waals surface area (Å²) in [5.41, 5.74) is 0.605. The third-order valence-corrected chi connectivity index (χ3v) is 6.70. The zero-order chi connectivity index (χ0) is 34.4. The standard InChI is InChI=1S/C20H24F4N6O.2C2HF3O2/c1-28-10-11-30-16(17(31)25-13-20(22,23)24)26-27-18(30)19(28)6-8-29(9-7-19)12-14-2-4-15(21)5-3-14;2*3-2(4,5)1(6)7/h2-5H,6-13H2,1H3,(H,25,31);2*(H,6,7). The van der Waals surface area contributed by atoms with Crippen molar-refractivity contribution in [1.29, 1.82) is 0 Å². The normalized spacial score (nSPS) is 16.9. The van der Waals surface area contributed by atoms with E-state index in [-0.39, 0.29) is 11.6 Å². The monoisotopic (exact) mass is 668 g/mol. The summed E-state index contributed by atoms with van der Waals surface area (Å²) in [7, 11) is 2.00. The number of carboxylic acids is 2. The highest BCUT2D eigenvalue weighted by Gasteiger charge is 2.47. The molecule has 0 unspecified atom stereocenters. The van der Waals surface area contributed by atoms with Crippen molar-refractivity contribution < 1.29 is 68.5 Å². The Bertz CT molecular complexity index is 1300. The molecule has 0 radical (unpaired) electrons. The van der Waals surface area contributed by atoms with Gasteiger partial charge in [-0.1, -0.05) is 12.1 Å². The fourth-order valence-corrected chi connectivity index (χ4v) is 4.46. The molecule has 0 atom stereocenters. The molecule has 0 aliphatic carbocycles. The number of carboxylic acid groups (broad SMARTS) is 2. The number of carbonyl (C=O) groups is 3. The van der Waals surface area contributed by atoms with Gasteiger partial charge in [-0.3, -0.25) is 14.6 Å². The Labute approximate surface area is 247 Å². The van der Waals surface area contributed by atoms with E-state index in [1.807, 2.05) is 12.4 Å². The van der Waals surface area contributed by atoms with Crippen LogP contribution in [0.2, 0.25) is 0 Å². The van der Waals surface area contributed by atoms with Crippen molar-refractivity contribution in [1.82, 2.24) is 29.9 Å². The average Bonchev–Trinajstić information content (AvgIpc) is 3.36. The number of fused-ring (bicyclic) bond motifs is 2. The van der Waals surface area contributed by atoms with E-state index in [9.17, 15) is 48.7 Å². The molecule has 1 saturated heterocycles. The number of likely N-dealkylation sites (N-methyl/N-ethyl adjacent to an activating group) is 1. The van der Waals surface area contributed by atoms with Gasteiger partial charge in [0.25, 0.3) is 5.91 Å². The third kappa shape index (κ3) is 10.5. The van der Waals surface area contributed by atoms with Crippen LogP contribution in [0.4, 0.5) is 43.9 Å². The number of nitrogens with zero attached hydrogens (tertiary/aromatic N) is 5. The number of amides is 1. The van der Waals surface area contributed by atoms with Crippen LogP contribution in [0.25, 0.3) is 0 Å². The fourth-order valence-electron chi connectivity index (χ4n) is 4.46. The number of likely N-dealkylation sites (tertiary alicyclic amines) is 1. The van der Waals surface area contributed by atoms with Crippen molar-refractivity contribution in [3.8, 4) is 0 Å². The highest BCUT2D eigenvalue weighted by atomic mass is 19.4. The van der Waals surface area contributed by atoms with Crippen LogP contribution in [-0.4, -0.2) is 104 Å². The lowest BCUT2D eigenvalue weighted by Crippen LogP contribution is -2.56. The van der Waals surface area contributed by atoms with Crippen LogP contribution in [0.1, 0.15) is 34.8 Å². The smallest absolute Gasteiger partial charge is 0.475 e. The first-order chi connectivity index (χ1) is 20.6. The molecular formula is C24H26F10N6O5. The summed E-state index contributed by atoms with van der Waals surface area (Å²) in [5, 5.41) is 24.3. The summed E-state index contributed by atoms with van der Waals surface area (Å²) >= 11 is 0. The highest BCUT2D eigenvalue weighted by Crippen LogP contribution is 2.40. The zero-order valence-corrected chi connectivity index (χ0v) is 23.1. The number of rotatable bonds is 4. The molecule has 21 heteroatoms. The maximum atomic E-state index is 13.1. The minimum Gasteiger partial charge on any atom is -0.475 e. The summed E-state index contributed by atoms with van der Waals surface area (Å²) in [6.45, 7) is 1.92. The van der Waals surface area contributed by atoms with Crippen molar-refractivity contribution in [2.45, 2.75) is 50.0 Å². The van der Waals surface area contributed by atoms with Crippen LogP contribution in [0.5, 0.6) is 0 Å². The predicted octanol–water partition coefficient (Wildman–Crippen LogP) is 3.41. The molecule has 0 saturated carbocycles. The van der Waals surface area contributed by atoms with E-state index in [1.54, 1.807) is 16.7 Å². The summed E-state index contributed by atoms with van der Waals surface area (Å²) in [6.07, 6.45) is -13.2. The maximum absolute atomic E-state index is 13.1. The van der Waals surface area contributed by atoms with Gasteiger partial charge in [0.1, 0.15) is 12.4 Å². The van der Waals surface area contributed by atoms with Crippen LogP contribution in [0.15, 0.2) is 24.3 Å². The van der Waals surface area contributed by atoms with Gasteiger partial charge in [0, 0.05) is 32.7 Å². The predicted molar refractivity (Wildman–Crippen MR) is 131 cm³/mol. The Hall–Kier alpha value is -4.01. The number of nitrogens with one attached hydrogen (secondary N) is 1. The zero-order valence-electron chi connectivity index (χ0n) is 23.1. The molecule has 1 fully saturated rings. The summed E-state index contributed by atoms with van der Waals surface area (Å²) in [6, 6.07) is 6.44. The number of benzene rings is 1. The summed E-state index contributed by atoms with van der Waals surface area (Å²) in [5.74, 6) is -6.11. The number of hydrogen-bond acceptors (Lipinski definition) is 7. The van der Waals surface area contributed by atoms with Crippen molar-refractivity contribution >= 4 is 17.8 Å². The van der Waals surface area contributed by atoms with E-state index in [4.69, 9.17) is 19.8 Å². The molecule has 2 aliphatic heterocycles. The van der Waals surface area contributed by atoms with Crippen molar-refractivity contribution in [3.05, 3.63) is 47.3 Å². The molecule has 3 heterocycles. The van der Waals surface area contributed by atoms with Gasteiger partial charge in [0.05, 0.1) is 5.54 Å². The summed E-state index contributed by atoms with van der Waals surface area (Å²) < 4.78 is 116. The SMILES string of the molecule is CN1CCn2c(C(=O)NCC(F)(F)F)nnc2C12CCN(Cc1ccc(F)cc1)CC2.O=C(O)C(F)(F)F.O=C(O)C(F)(F)F. The van der Waals surface area contributed by atoms with Crippen molar-refractivity contribution in [3.63, 3.8) is 0 Å². The Kier molecular flexibility index (Phi) is 11.9. The first-order valence-electron chi connectivity index (χ1n) is 12.6. The van der Waals surface area contributed by atoms with Crippen LogP contribution >= 0.6 is 0 Å². The van der Waals surface area contributed by atoms with Gasteiger partial charge in [-0.05, 0) is 37.6 Å². The molecule has 1 aromatic carbocycles. The van der Waals surface area contributed by atoms with E-state index < -0.39 is 48.5 Å². The van der Waals surface area contributed by atoms with Gasteiger partial charge >= 0.3 is 30.5 Å². The third-order valence-electron chi connectivity index (χ3n) is 6.70. The number of halogens is 10. The van der Waals surface area contributed by atoms with Gasteiger partial charge in [-0.25, -0.2) is 14.0 Å². The van der Waals surface area contributed by atoms with E-state index in [0.717, 1.165) is 31.5 Å². The lowest BCUT2D eigenvalue weighted by molar-refractivity contribution is -0.193. The molecule has 1 spiro atoms. The number of hydrogen-bond donors (Lipinski definition) is 3. The lowest BCUT2D eigenvalue weighted by Gasteiger charge is -2.49. The van der Waals surface area contributed by atoms with E-state index in [2.05, 4.69) is 20.0 Å². The second kappa shape index (κ2) is 14.4. The van der Waals surface area contributed by atoms with E-state index in [0.29, 0.717) is 25.5 Å². The van der Waals surface area contributed by atoms with Gasteiger partial charge in [0.15, 0.2) is 5.82 Å². The highest BCUT2D eigenvalue weighted by molar-refractivity contribution is 5.90. The first-order valence-corrected chi connectivity index (χ1v) is 12.6. The van der Waals surface area contributed by atoms with Gasteiger partial charge in [-0.15, -0.1) is 10.2 Å². The maximum Gasteiger partial charge on any atom is 0.490 e. The Morgan fingerprint density at radius 3 is 1.78 bits per heavy atom. The number of alkyl halides is 9.